The summed E-state index contributed by atoms with van der Waals surface area (Å²) in [5, 5.41) is 21.0. The van der Waals surface area contributed by atoms with Gasteiger partial charge in [-0.1, -0.05) is 13.8 Å². The fourth-order valence-electron chi connectivity index (χ4n) is 7.48. The lowest BCUT2D eigenvalue weighted by atomic mass is 9.44. The third-order valence-electron chi connectivity index (χ3n) is 9.20. The number of fused-ring (bicyclic) bond motifs is 5. The Hall–Kier alpha value is -0.0800. The zero-order valence-electron chi connectivity index (χ0n) is 14.6. The lowest BCUT2D eigenvalue weighted by Crippen LogP contribution is -2.56. The first-order valence-electron chi connectivity index (χ1n) is 9.68. The van der Waals surface area contributed by atoms with Crippen molar-refractivity contribution in [3.05, 3.63) is 0 Å². The molecule has 0 amide bonds. The quantitative estimate of drug-likeness (QED) is 0.706. The highest BCUT2D eigenvalue weighted by Gasteiger charge is 2.63. The first kappa shape index (κ1) is 15.4. The lowest BCUT2D eigenvalue weighted by Gasteiger charge is -2.61. The molecule has 0 aromatic carbocycles. The molecule has 0 aromatic rings. The molecular formula is C20H34O2. The fourth-order valence-corrected chi connectivity index (χ4v) is 7.48. The molecule has 0 aliphatic heterocycles. The van der Waals surface area contributed by atoms with Crippen molar-refractivity contribution >= 4 is 0 Å². The summed E-state index contributed by atoms with van der Waals surface area (Å²) in [6.45, 7) is 7.01. The Bertz CT molecular complexity index is 459. The molecule has 0 radical (unpaired) electrons. The summed E-state index contributed by atoms with van der Waals surface area (Å²) in [4.78, 5) is 0. The molecule has 8 atom stereocenters. The van der Waals surface area contributed by atoms with Gasteiger partial charge in [-0.3, -0.25) is 0 Å². The molecule has 4 rings (SSSR count). The lowest BCUT2D eigenvalue weighted by molar-refractivity contribution is -0.153. The van der Waals surface area contributed by atoms with E-state index in [2.05, 4.69) is 20.8 Å². The van der Waals surface area contributed by atoms with Crippen molar-refractivity contribution in [1.82, 2.24) is 0 Å². The van der Waals surface area contributed by atoms with Crippen molar-refractivity contribution in [3.8, 4) is 0 Å². The fraction of sp³-hybridized carbons (Fsp3) is 1.00. The van der Waals surface area contributed by atoms with E-state index in [9.17, 15) is 10.2 Å². The molecule has 126 valence electrons. The molecule has 0 heterocycles. The van der Waals surface area contributed by atoms with Crippen molar-refractivity contribution in [2.24, 2.45) is 34.5 Å². The Morgan fingerprint density at radius 1 is 0.818 bits per heavy atom. The molecule has 4 fully saturated rings. The number of rotatable bonds is 0. The van der Waals surface area contributed by atoms with E-state index in [-0.39, 0.29) is 11.5 Å². The number of aliphatic hydroxyl groups is 2. The maximum absolute atomic E-state index is 10.9. The third kappa shape index (κ3) is 1.86. The van der Waals surface area contributed by atoms with E-state index in [1.165, 1.54) is 38.5 Å². The minimum Gasteiger partial charge on any atom is -0.393 e. The van der Waals surface area contributed by atoms with Gasteiger partial charge < -0.3 is 10.2 Å². The van der Waals surface area contributed by atoms with Crippen molar-refractivity contribution < 1.29 is 10.2 Å². The van der Waals surface area contributed by atoms with Crippen LogP contribution in [-0.4, -0.2) is 21.9 Å². The summed E-state index contributed by atoms with van der Waals surface area (Å²) >= 11 is 0. The first-order chi connectivity index (χ1) is 10.3. The summed E-state index contributed by atoms with van der Waals surface area (Å²) in [7, 11) is 0. The molecule has 0 aromatic heterocycles. The zero-order valence-corrected chi connectivity index (χ0v) is 14.6. The predicted octanol–water partition coefficient (Wildman–Crippen LogP) is 4.14. The topological polar surface area (TPSA) is 40.5 Å². The van der Waals surface area contributed by atoms with Crippen LogP contribution in [0, 0.1) is 34.5 Å². The van der Waals surface area contributed by atoms with Crippen LogP contribution in [0.5, 0.6) is 0 Å². The second-order valence-electron chi connectivity index (χ2n) is 9.85. The summed E-state index contributed by atoms with van der Waals surface area (Å²) in [5.41, 5.74) is 0.145. The van der Waals surface area contributed by atoms with Crippen LogP contribution < -0.4 is 0 Å². The Morgan fingerprint density at radius 3 is 2.32 bits per heavy atom. The smallest absolute Gasteiger partial charge is 0.0675 e. The van der Waals surface area contributed by atoms with Crippen LogP contribution in [0.1, 0.15) is 78.6 Å². The molecule has 2 N–H and O–H groups in total. The maximum Gasteiger partial charge on any atom is 0.0675 e. The summed E-state index contributed by atoms with van der Waals surface area (Å²) in [5.74, 6) is 3.13. The van der Waals surface area contributed by atoms with E-state index < -0.39 is 5.60 Å². The minimum atomic E-state index is -0.455. The van der Waals surface area contributed by atoms with Crippen LogP contribution in [-0.2, 0) is 0 Å². The molecule has 2 nitrogen and oxygen atoms in total. The van der Waals surface area contributed by atoms with Gasteiger partial charge in [0.15, 0.2) is 0 Å². The van der Waals surface area contributed by atoms with Gasteiger partial charge >= 0.3 is 0 Å². The van der Waals surface area contributed by atoms with E-state index in [0.29, 0.717) is 5.41 Å². The number of aliphatic hydroxyl groups excluding tert-OH is 1. The zero-order chi connectivity index (χ0) is 15.8. The second-order valence-corrected chi connectivity index (χ2v) is 9.85. The normalized spacial score (nSPS) is 61.2. The van der Waals surface area contributed by atoms with Crippen LogP contribution in [0.15, 0.2) is 0 Å². The third-order valence-corrected chi connectivity index (χ3v) is 9.20. The van der Waals surface area contributed by atoms with Gasteiger partial charge in [-0.2, -0.15) is 0 Å². The molecule has 1 unspecified atom stereocenters. The van der Waals surface area contributed by atoms with E-state index >= 15 is 0 Å². The minimum absolute atomic E-state index is 0.0457. The average molecular weight is 306 g/mol. The predicted molar refractivity (Wildman–Crippen MR) is 88.4 cm³/mol. The van der Waals surface area contributed by atoms with Crippen molar-refractivity contribution in [3.63, 3.8) is 0 Å². The Labute approximate surface area is 135 Å². The molecule has 22 heavy (non-hydrogen) atoms. The molecule has 0 spiro atoms. The highest BCUT2D eigenvalue weighted by Crippen LogP contribution is 2.68. The molecule has 0 bridgehead atoms. The summed E-state index contributed by atoms with van der Waals surface area (Å²) in [6, 6.07) is 0. The van der Waals surface area contributed by atoms with Gasteiger partial charge in [-0.25, -0.2) is 0 Å². The number of hydrogen-bond acceptors (Lipinski definition) is 2. The van der Waals surface area contributed by atoms with Crippen LogP contribution in [0.4, 0.5) is 0 Å². The van der Waals surface area contributed by atoms with Crippen LogP contribution in [0.3, 0.4) is 0 Å². The van der Waals surface area contributed by atoms with Crippen molar-refractivity contribution in [2.45, 2.75) is 90.3 Å². The van der Waals surface area contributed by atoms with Crippen molar-refractivity contribution in [2.75, 3.05) is 0 Å². The Balaban J connectivity index is 1.64. The van der Waals surface area contributed by atoms with E-state index in [1.54, 1.807) is 0 Å². The molecule has 4 aliphatic rings. The van der Waals surface area contributed by atoms with Gasteiger partial charge in [0.05, 0.1) is 11.7 Å². The van der Waals surface area contributed by atoms with E-state index in [0.717, 1.165) is 42.9 Å². The van der Waals surface area contributed by atoms with Gasteiger partial charge in [0, 0.05) is 0 Å². The van der Waals surface area contributed by atoms with Crippen molar-refractivity contribution in [1.29, 1.82) is 0 Å². The van der Waals surface area contributed by atoms with Gasteiger partial charge in [0.25, 0.3) is 0 Å². The summed E-state index contributed by atoms with van der Waals surface area (Å²) < 4.78 is 0. The SMILES string of the molecule is C[C@]12CC[C@H](O)CC1CC[C@@H]1[C@@H]2CC[C@@]2(C)[C@H]1CC[C@]2(C)O. The molecule has 4 aliphatic carbocycles. The second kappa shape index (κ2) is 4.72. The largest absolute Gasteiger partial charge is 0.393 e. The van der Waals surface area contributed by atoms with E-state index in [4.69, 9.17) is 0 Å². The van der Waals surface area contributed by atoms with E-state index in [1.807, 2.05) is 0 Å². The maximum atomic E-state index is 10.9. The summed E-state index contributed by atoms with van der Waals surface area (Å²) in [6.07, 6.45) is 10.6. The van der Waals surface area contributed by atoms with Gasteiger partial charge in [-0.15, -0.1) is 0 Å². The molecular weight excluding hydrogens is 272 g/mol. The van der Waals surface area contributed by atoms with Crippen LogP contribution >= 0.6 is 0 Å². The monoisotopic (exact) mass is 306 g/mol. The average Bonchev–Trinajstić information content (AvgIpc) is 2.70. The molecule has 0 saturated heterocycles. The first-order valence-corrected chi connectivity index (χ1v) is 9.68. The Kier molecular flexibility index (Phi) is 3.32. The molecule has 4 saturated carbocycles. The Morgan fingerprint density at radius 2 is 1.55 bits per heavy atom. The van der Waals surface area contributed by atoms with Gasteiger partial charge in [0.1, 0.15) is 0 Å². The van der Waals surface area contributed by atoms with Crippen LogP contribution in [0.25, 0.3) is 0 Å². The number of hydrogen-bond donors (Lipinski definition) is 2. The van der Waals surface area contributed by atoms with Crippen LogP contribution in [0.2, 0.25) is 0 Å². The molecule has 2 heteroatoms. The highest BCUT2D eigenvalue weighted by atomic mass is 16.3. The van der Waals surface area contributed by atoms with Gasteiger partial charge in [0.2, 0.25) is 0 Å². The highest BCUT2D eigenvalue weighted by molar-refractivity contribution is 5.12. The van der Waals surface area contributed by atoms with Gasteiger partial charge in [-0.05, 0) is 99.2 Å². The standard InChI is InChI=1S/C20H34O2/c1-18-9-6-14(21)12-13(18)4-5-15-16(18)7-10-19(2)17(15)8-11-20(19,3)22/h13-17,21-22H,4-12H2,1-3H3/t13?,14-,15+,16-,17-,18-,19-,20-/m0/s1.